The number of hydrogen-bond donors (Lipinski definition) is 1. The van der Waals surface area contributed by atoms with Crippen LogP contribution in [0.4, 0.5) is 13.2 Å². The van der Waals surface area contributed by atoms with Crippen LogP contribution in [0.25, 0.3) is 0 Å². The van der Waals surface area contributed by atoms with Crippen molar-refractivity contribution < 1.29 is 26.4 Å². The van der Waals surface area contributed by atoms with E-state index in [1.807, 2.05) is 0 Å². The second-order valence-corrected chi connectivity index (χ2v) is 10.1. The quantitative estimate of drug-likeness (QED) is 0.758. The molecule has 2 heterocycles. The van der Waals surface area contributed by atoms with Gasteiger partial charge in [0.1, 0.15) is 9.77 Å². The van der Waals surface area contributed by atoms with Gasteiger partial charge < -0.3 is 5.32 Å². The number of amides is 1. The molecule has 3 rings (SSSR count). The third-order valence-electron chi connectivity index (χ3n) is 4.16. The van der Waals surface area contributed by atoms with E-state index in [1.165, 1.54) is 22.5 Å². The predicted octanol–water partition coefficient (Wildman–Crippen LogP) is 3.43. The molecule has 1 aliphatic heterocycles. The summed E-state index contributed by atoms with van der Waals surface area (Å²) in [6.45, 7) is 0.791. The van der Waals surface area contributed by atoms with Crippen molar-refractivity contribution in [1.29, 1.82) is 0 Å². The van der Waals surface area contributed by atoms with Crippen LogP contribution in [0.3, 0.4) is 0 Å². The fourth-order valence-corrected chi connectivity index (χ4v) is 6.56. The fourth-order valence-electron chi connectivity index (χ4n) is 2.67. The van der Waals surface area contributed by atoms with Gasteiger partial charge >= 0.3 is 6.18 Å². The van der Waals surface area contributed by atoms with Gasteiger partial charge in [0.2, 0.25) is 10.0 Å². The Bertz CT molecular complexity index is 935. The Hall–Kier alpha value is -1.56. The lowest BCUT2D eigenvalue weighted by Gasteiger charge is -2.25. The molecule has 1 N–H and O–H groups in total. The first kappa shape index (κ1) is 21.2. The number of nitrogens with one attached hydrogen (secondary N) is 1. The predicted molar refractivity (Wildman–Crippen MR) is 103 cm³/mol. The van der Waals surface area contributed by atoms with Crippen LogP contribution in [0, 0.1) is 0 Å². The molecule has 0 unspecified atom stereocenters. The van der Waals surface area contributed by atoms with Crippen LogP contribution in [-0.2, 0) is 22.7 Å². The Morgan fingerprint density at radius 1 is 1.11 bits per heavy atom. The molecular formula is C17H17F3N2O3S3. The van der Waals surface area contributed by atoms with Gasteiger partial charge in [0.05, 0.1) is 5.56 Å². The van der Waals surface area contributed by atoms with Crippen molar-refractivity contribution in [3.8, 4) is 0 Å². The van der Waals surface area contributed by atoms with Gasteiger partial charge in [-0.1, -0.05) is 12.1 Å². The van der Waals surface area contributed by atoms with Gasteiger partial charge in [-0.05, 0) is 29.1 Å². The summed E-state index contributed by atoms with van der Waals surface area (Å²) in [7, 11) is -3.75. The summed E-state index contributed by atoms with van der Waals surface area (Å²) in [5.41, 5.74) is -0.288. The highest BCUT2D eigenvalue weighted by Gasteiger charge is 2.31. The van der Waals surface area contributed by atoms with E-state index in [1.54, 1.807) is 17.1 Å². The minimum atomic E-state index is -4.42. The molecule has 1 saturated heterocycles. The molecule has 1 aromatic carbocycles. The minimum absolute atomic E-state index is 0.00525. The lowest BCUT2D eigenvalue weighted by atomic mass is 10.1. The number of rotatable bonds is 5. The normalized spacial score (nSPS) is 16.1. The van der Waals surface area contributed by atoms with Gasteiger partial charge in [-0.15, -0.1) is 11.3 Å². The number of alkyl halides is 3. The molecule has 28 heavy (non-hydrogen) atoms. The number of thiophene rings is 1. The molecule has 152 valence electrons. The fraction of sp³-hybridized carbons (Fsp3) is 0.353. The SMILES string of the molecule is O=C(NCc1ccc(C(F)(F)F)cc1)c1sccc1S(=O)(=O)N1CCSCC1. The van der Waals surface area contributed by atoms with Crippen molar-refractivity contribution in [3.05, 3.63) is 51.7 Å². The number of sulfonamides is 1. The molecule has 1 fully saturated rings. The van der Waals surface area contributed by atoms with E-state index in [2.05, 4.69) is 5.32 Å². The number of benzene rings is 1. The van der Waals surface area contributed by atoms with E-state index >= 15 is 0 Å². The second kappa shape index (κ2) is 8.44. The van der Waals surface area contributed by atoms with Crippen LogP contribution in [0.15, 0.2) is 40.6 Å². The zero-order chi connectivity index (χ0) is 20.4. The molecule has 0 saturated carbocycles. The molecule has 5 nitrogen and oxygen atoms in total. The zero-order valence-corrected chi connectivity index (χ0v) is 17.0. The molecule has 0 bridgehead atoms. The third-order valence-corrected chi connectivity index (χ3v) is 8.08. The van der Waals surface area contributed by atoms with Crippen LogP contribution in [0.5, 0.6) is 0 Å². The van der Waals surface area contributed by atoms with Gasteiger partial charge in [-0.3, -0.25) is 4.79 Å². The van der Waals surface area contributed by atoms with Crippen molar-refractivity contribution in [1.82, 2.24) is 9.62 Å². The number of hydrogen-bond acceptors (Lipinski definition) is 5. The first-order chi connectivity index (χ1) is 13.2. The summed E-state index contributed by atoms with van der Waals surface area (Å²) >= 11 is 2.70. The Morgan fingerprint density at radius 2 is 1.75 bits per heavy atom. The van der Waals surface area contributed by atoms with Crippen LogP contribution < -0.4 is 5.32 Å². The van der Waals surface area contributed by atoms with Crippen LogP contribution in [0.2, 0.25) is 0 Å². The van der Waals surface area contributed by atoms with Gasteiger partial charge in [0.25, 0.3) is 5.91 Å². The third kappa shape index (κ3) is 4.70. The Balaban J connectivity index is 1.70. The molecular weight excluding hydrogens is 433 g/mol. The molecule has 0 radical (unpaired) electrons. The van der Waals surface area contributed by atoms with E-state index in [4.69, 9.17) is 0 Å². The average Bonchev–Trinajstić information content (AvgIpc) is 3.17. The number of halogens is 3. The summed E-state index contributed by atoms with van der Waals surface area (Å²) in [5.74, 6) is 0.845. The smallest absolute Gasteiger partial charge is 0.347 e. The second-order valence-electron chi connectivity index (χ2n) is 6.01. The number of carbonyl (C=O) groups is 1. The molecule has 1 amide bonds. The molecule has 0 spiro atoms. The zero-order valence-electron chi connectivity index (χ0n) is 14.5. The monoisotopic (exact) mass is 450 g/mol. The molecule has 1 aromatic heterocycles. The average molecular weight is 451 g/mol. The molecule has 0 aliphatic carbocycles. The lowest BCUT2D eigenvalue weighted by Crippen LogP contribution is -2.38. The molecule has 11 heteroatoms. The van der Waals surface area contributed by atoms with Crippen molar-refractivity contribution >= 4 is 39.0 Å². The van der Waals surface area contributed by atoms with E-state index in [-0.39, 0.29) is 16.3 Å². The summed E-state index contributed by atoms with van der Waals surface area (Å²) in [5, 5.41) is 4.12. The van der Waals surface area contributed by atoms with Gasteiger partial charge in [0.15, 0.2) is 0 Å². The van der Waals surface area contributed by atoms with E-state index in [0.717, 1.165) is 23.5 Å². The Morgan fingerprint density at radius 3 is 2.36 bits per heavy atom. The highest BCUT2D eigenvalue weighted by molar-refractivity contribution is 7.99. The number of nitrogens with zero attached hydrogens (tertiary/aromatic N) is 1. The number of thioether (sulfide) groups is 1. The highest BCUT2D eigenvalue weighted by Crippen LogP contribution is 2.29. The maximum Gasteiger partial charge on any atom is 0.416 e. The van der Waals surface area contributed by atoms with E-state index < -0.39 is 27.7 Å². The van der Waals surface area contributed by atoms with Crippen LogP contribution in [-0.4, -0.2) is 43.2 Å². The van der Waals surface area contributed by atoms with Crippen molar-refractivity contribution in [3.63, 3.8) is 0 Å². The van der Waals surface area contributed by atoms with Crippen molar-refractivity contribution in [2.24, 2.45) is 0 Å². The maximum atomic E-state index is 12.8. The van der Waals surface area contributed by atoms with Crippen molar-refractivity contribution in [2.75, 3.05) is 24.6 Å². The van der Waals surface area contributed by atoms with Gasteiger partial charge in [-0.2, -0.15) is 29.2 Å². The van der Waals surface area contributed by atoms with Gasteiger partial charge in [-0.25, -0.2) is 8.42 Å². The summed E-state index contributed by atoms with van der Waals surface area (Å²) in [6, 6.07) is 5.85. The summed E-state index contributed by atoms with van der Waals surface area (Å²) < 4.78 is 64.8. The summed E-state index contributed by atoms with van der Waals surface area (Å²) in [4.78, 5) is 12.5. The first-order valence-electron chi connectivity index (χ1n) is 8.29. The summed E-state index contributed by atoms with van der Waals surface area (Å²) in [6.07, 6.45) is -4.42. The van der Waals surface area contributed by atoms with Gasteiger partial charge in [0, 0.05) is 31.1 Å². The van der Waals surface area contributed by atoms with E-state index in [9.17, 15) is 26.4 Å². The molecule has 2 aromatic rings. The van der Waals surface area contributed by atoms with Crippen LogP contribution in [0.1, 0.15) is 20.8 Å². The first-order valence-corrected chi connectivity index (χ1v) is 11.8. The lowest BCUT2D eigenvalue weighted by molar-refractivity contribution is -0.137. The van der Waals surface area contributed by atoms with Crippen molar-refractivity contribution in [2.45, 2.75) is 17.6 Å². The Labute approximate surface area is 169 Å². The number of carbonyl (C=O) groups excluding carboxylic acids is 1. The topological polar surface area (TPSA) is 66.5 Å². The standard InChI is InChI=1S/C17H17F3N2O3S3/c18-17(19,20)13-3-1-12(2-4-13)11-21-16(23)15-14(5-8-27-15)28(24,25)22-6-9-26-10-7-22/h1-5,8H,6-7,9-11H2,(H,21,23). The van der Waals surface area contributed by atoms with E-state index in [0.29, 0.717) is 30.2 Å². The molecule has 1 aliphatic rings. The highest BCUT2D eigenvalue weighted by atomic mass is 32.2. The Kier molecular flexibility index (Phi) is 6.37. The largest absolute Gasteiger partial charge is 0.416 e. The molecule has 0 atom stereocenters. The maximum absolute atomic E-state index is 12.8. The minimum Gasteiger partial charge on any atom is -0.347 e. The van der Waals surface area contributed by atoms with Crippen LogP contribution >= 0.6 is 23.1 Å².